The van der Waals surface area contributed by atoms with Gasteiger partial charge < -0.3 is 14.2 Å². The summed E-state index contributed by atoms with van der Waals surface area (Å²) in [5.41, 5.74) is 1.86. The van der Waals surface area contributed by atoms with E-state index in [4.69, 9.17) is 25.8 Å². The second-order valence-electron chi connectivity index (χ2n) is 8.92. The summed E-state index contributed by atoms with van der Waals surface area (Å²) in [6, 6.07) is 10.2. The van der Waals surface area contributed by atoms with Gasteiger partial charge in [-0.3, -0.25) is 9.36 Å². The molecule has 204 valence electrons. The Hall–Kier alpha value is -3.14. The molecule has 0 N–H and O–H groups in total. The van der Waals surface area contributed by atoms with Crippen LogP contribution >= 0.6 is 38.9 Å². The standard InChI is InChI=1S/C29H28BrClN2O5S/c1-6-12-37-26-20(30)13-18(14-21(26)31)15-23-27(34)33-25(19-10-8-9-11-22(19)38-16(3)4)24(28(35)36-7-2)17(5)32-29(33)39-23/h6,8-11,13-16,25H,1,7,12H2,2-5H3/b23-15+/t25-/m0/s1. The van der Waals surface area contributed by atoms with Crippen molar-refractivity contribution >= 4 is 50.9 Å². The van der Waals surface area contributed by atoms with Gasteiger partial charge in [0.25, 0.3) is 5.56 Å². The number of carbonyl (C=O) groups is 1. The summed E-state index contributed by atoms with van der Waals surface area (Å²) >= 11 is 11.2. The van der Waals surface area contributed by atoms with Gasteiger partial charge in [-0.1, -0.05) is 53.8 Å². The Morgan fingerprint density at radius 3 is 2.72 bits per heavy atom. The topological polar surface area (TPSA) is 79.1 Å². The highest BCUT2D eigenvalue weighted by Gasteiger charge is 2.35. The van der Waals surface area contributed by atoms with Gasteiger partial charge in [-0.25, -0.2) is 9.79 Å². The van der Waals surface area contributed by atoms with E-state index in [9.17, 15) is 9.59 Å². The predicted octanol–water partition coefficient (Wildman–Crippen LogP) is 5.57. The summed E-state index contributed by atoms with van der Waals surface area (Å²) in [5, 5.41) is 0.392. The Bertz CT molecular complexity index is 1620. The van der Waals surface area contributed by atoms with Crippen LogP contribution in [0.2, 0.25) is 5.02 Å². The Morgan fingerprint density at radius 1 is 1.31 bits per heavy atom. The SMILES string of the molecule is C=CCOc1c(Cl)cc(/C=c2/sc3n(c2=O)[C@@H](c2ccccc2OC(C)C)C(C(=O)OCC)=C(C)N=3)cc1Br. The number of nitrogens with zero attached hydrogens (tertiary/aromatic N) is 2. The summed E-state index contributed by atoms with van der Waals surface area (Å²) in [7, 11) is 0. The van der Waals surface area contributed by atoms with E-state index in [1.807, 2.05) is 44.2 Å². The summed E-state index contributed by atoms with van der Waals surface area (Å²) in [6.45, 7) is 11.5. The molecule has 1 atom stereocenters. The molecule has 2 heterocycles. The summed E-state index contributed by atoms with van der Waals surface area (Å²) in [4.78, 5) is 32.2. The van der Waals surface area contributed by atoms with Gasteiger partial charge in [0.1, 0.15) is 18.4 Å². The smallest absolute Gasteiger partial charge is 0.338 e. The normalized spacial score (nSPS) is 15.2. The molecule has 0 aliphatic carbocycles. The molecule has 0 saturated carbocycles. The maximum absolute atomic E-state index is 13.9. The molecule has 0 amide bonds. The molecule has 0 radical (unpaired) electrons. The summed E-state index contributed by atoms with van der Waals surface area (Å²) < 4.78 is 19.7. The third-order valence-corrected chi connectivity index (χ3v) is 7.61. The Kier molecular flexibility index (Phi) is 9.15. The van der Waals surface area contributed by atoms with Crippen molar-refractivity contribution in [1.29, 1.82) is 0 Å². The van der Waals surface area contributed by atoms with E-state index in [0.717, 1.165) is 0 Å². The average molecular weight is 632 g/mol. The minimum Gasteiger partial charge on any atom is -0.491 e. The molecule has 39 heavy (non-hydrogen) atoms. The maximum Gasteiger partial charge on any atom is 0.338 e. The zero-order chi connectivity index (χ0) is 28.3. The fourth-order valence-electron chi connectivity index (χ4n) is 4.25. The summed E-state index contributed by atoms with van der Waals surface area (Å²) in [5.74, 6) is 0.546. The molecule has 4 rings (SSSR count). The largest absolute Gasteiger partial charge is 0.491 e. The number of fused-ring (bicyclic) bond motifs is 1. The number of aromatic nitrogens is 1. The molecule has 1 aromatic heterocycles. The van der Waals surface area contributed by atoms with Crippen LogP contribution in [0.3, 0.4) is 0 Å². The van der Waals surface area contributed by atoms with E-state index < -0.39 is 12.0 Å². The lowest BCUT2D eigenvalue weighted by Gasteiger charge is -2.26. The first-order valence-electron chi connectivity index (χ1n) is 12.3. The quantitative estimate of drug-likeness (QED) is 0.228. The first-order valence-corrected chi connectivity index (χ1v) is 14.3. The van der Waals surface area contributed by atoms with E-state index >= 15 is 0 Å². The molecule has 1 aliphatic heterocycles. The van der Waals surface area contributed by atoms with E-state index in [-0.39, 0.29) is 18.3 Å². The van der Waals surface area contributed by atoms with Crippen LogP contribution in [0, 0.1) is 0 Å². The number of allylic oxidation sites excluding steroid dienone is 1. The first-order chi connectivity index (χ1) is 18.7. The van der Waals surface area contributed by atoms with Crippen molar-refractivity contribution in [2.24, 2.45) is 4.99 Å². The average Bonchev–Trinajstić information content (AvgIpc) is 3.17. The number of esters is 1. The van der Waals surface area contributed by atoms with E-state index in [1.54, 1.807) is 32.1 Å². The molecule has 0 fully saturated rings. The molecule has 0 spiro atoms. The van der Waals surface area contributed by atoms with Crippen LogP contribution in [0.25, 0.3) is 6.08 Å². The van der Waals surface area contributed by atoms with Crippen LogP contribution in [-0.2, 0) is 9.53 Å². The van der Waals surface area contributed by atoms with E-state index in [1.165, 1.54) is 15.9 Å². The number of rotatable bonds is 9. The van der Waals surface area contributed by atoms with E-state index in [0.29, 0.717) is 59.3 Å². The van der Waals surface area contributed by atoms with Gasteiger partial charge in [0.05, 0.1) is 38.0 Å². The molecular weight excluding hydrogens is 604 g/mol. The number of thiazole rings is 1. The molecule has 7 nitrogen and oxygen atoms in total. The zero-order valence-corrected chi connectivity index (χ0v) is 25.2. The van der Waals surface area contributed by atoms with Gasteiger partial charge in [0.2, 0.25) is 0 Å². The number of carbonyl (C=O) groups excluding carboxylic acids is 1. The molecule has 0 saturated heterocycles. The van der Waals surface area contributed by atoms with Crippen LogP contribution in [-0.4, -0.2) is 29.9 Å². The maximum atomic E-state index is 13.9. The molecule has 3 aromatic rings. The monoisotopic (exact) mass is 630 g/mol. The lowest BCUT2D eigenvalue weighted by molar-refractivity contribution is -0.139. The van der Waals surface area contributed by atoms with Crippen molar-refractivity contribution in [3.63, 3.8) is 0 Å². The highest BCUT2D eigenvalue weighted by atomic mass is 79.9. The fourth-order valence-corrected chi connectivity index (χ4v) is 6.28. The Labute approximate surface area is 243 Å². The van der Waals surface area contributed by atoms with Gasteiger partial charge in [0.15, 0.2) is 10.6 Å². The molecular formula is C29H28BrClN2O5S. The molecule has 0 unspecified atom stereocenters. The third-order valence-electron chi connectivity index (χ3n) is 5.76. The van der Waals surface area contributed by atoms with Gasteiger partial charge >= 0.3 is 5.97 Å². The zero-order valence-electron chi connectivity index (χ0n) is 22.0. The van der Waals surface area contributed by atoms with Crippen molar-refractivity contribution in [3.05, 3.63) is 101 Å². The number of halogens is 2. The first kappa shape index (κ1) is 28.9. The van der Waals surface area contributed by atoms with Crippen LogP contribution in [0.5, 0.6) is 11.5 Å². The van der Waals surface area contributed by atoms with E-state index in [2.05, 4.69) is 27.5 Å². The number of hydrogen-bond acceptors (Lipinski definition) is 7. The molecule has 10 heteroatoms. The van der Waals surface area contributed by atoms with Gasteiger partial charge in [-0.2, -0.15) is 0 Å². The van der Waals surface area contributed by atoms with Crippen LogP contribution in [0.4, 0.5) is 0 Å². The highest BCUT2D eigenvalue weighted by molar-refractivity contribution is 9.10. The number of ether oxygens (including phenoxy) is 3. The minimum absolute atomic E-state index is 0.111. The van der Waals surface area contributed by atoms with Crippen molar-refractivity contribution in [2.45, 2.75) is 39.8 Å². The van der Waals surface area contributed by atoms with Crippen molar-refractivity contribution in [2.75, 3.05) is 13.2 Å². The second kappa shape index (κ2) is 12.4. The number of para-hydroxylation sites is 1. The molecule has 0 bridgehead atoms. The number of benzene rings is 2. The van der Waals surface area contributed by atoms with Crippen LogP contribution < -0.4 is 24.4 Å². The molecule has 2 aromatic carbocycles. The highest BCUT2D eigenvalue weighted by Crippen LogP contribution is 2.37. The second-order valence-corrected chi connectivity index (χ2v) is 11.2. The lowest BCUT2D eigenvalue weighted by atomic mass is 9.95. The Balaban J connectivity index is 1.93. The summed E-state index contributed by atoms with van der Waals surface area (Å²) in [6.07, 6.45) is 3.26. The van der Waals surface area contributed by atoms with Gasteiger partial charge in [0, 0.05) is 5.56 Å². The van der Waals surface area contributed by atoms with Crippen molar-refractivity contribution < 1.29 is 19.0 Å². The minimum atomic E-state index is -0.776. The van der Waals surface area contributed by atoms with Gasteiger partial charge in [-0.05, 0) is 73.5 Å². The third kappa shape index (κ3) is 6.05. The van der Waals surface area contributed by atoms with Crippen molar-refractivity contribution in [3.8, 4) is 11.5 Å². The lowest BCUT2D eigenvalue weighted by Crippen LogP contribution is -2.40. The Morgan fingerprint density at radius 2 is 2.05 bits per heavy atom. The van der Waals surface area contributed by atoms with Crippen LogP contribution in [0.15, 0.2) is 74.6 Å². The fraction of sp³-hybridized carbons (Fsp3) is 0.276. The van der Waals surface area contributed by atoms with Crippen molar-refractivity contribution in [1.82, 2.24) is 4.57 Å². The van der Waals surface area contributed by atoms with Crippen LogP contribution in [0.1, 0.15) is 44.9 Å². The van der Waals surface area contributed by atoms with Gasteiger partial charge in [-0.15, -0.1) is 0 Å². The molecule has 1 aliphatic rings. The number of hydrogen-bond donors (Lipinski definition) is 0. The predicted molar refractivity (Wildman–Crippen MR) is 157 cm³/mol.